The Morgan fingerprint density at radius 1 is 1.34 bits per heavy atom. The largest absolute Gasteiger partial charge is 0.503 e. The number of rotatable bonds is 6. The molecule has 1 atom stereocenters. The second-order valence-electron chi connectivity index (χ2n) is 7.27. The lowest BCUT2D eigenvalue weighted by Crippen LogP contribution is -2.30. The predicted octanol–water partition coefficient (Wildman–Crippen LogP) is 3.36. The minimum atomic E-state index is -0.707. The average Bonchev–Trinajstić information content (AvgIpc) is 3.14. The van der Waals surface area contributed by atoms with Crippen molar-refractivity contribution in [2.75, 3.05) is 13.9 Å². The number of hydrogen-bond acceptors (Lipinski definition) is 7. The van der Waals surface area contributed by atoms with Crippen molar-refractivity contribution in [2.24, 2.45) is 5.92 Å². The van der Waals surface area contributed by atoms with Crippen LogP contribution < -0.4 is 14.2 Å². The van der Waals surface area contributed by atoms with E-state index in [-0.39, 0.29) is 24.1 Å². The number of carbonyl (C=O) groups is 2. The molecule has 1 amide bonds. The van der Waals surface area contributed by atoms with E-state index in [0.29, 0.717) is 29.4 Å². The molecule has 8 heteroatoms. The highest BCUT2D eigenvalue weighted by atomic mass is 32.1. The Labute approximate surface area is 171 Å². The van der Waals surface area contributed by atoms with Crippen molar-refractivity contribution >= 4 is 23.0 Å². The van der Waals surface area contributed by atoms with Gasteiger partial charge < -0.3 is 24.2 Å². The minimum Gasteiger partial charge on any atom is -0.503 e. The normalized spacial score (nSPS) is 20.5. The number of Topliss-reactive ketones (excluding diaryl/α,β-unsaturated/α-hetero) is 1. The molecule has 3 aliphatic rings. The van der Waals surface area contributed by atoms with Gasteiger partial charge in [-0.15, -0.1) is 11.3 Å². The molecule has 1 aromatic heterocycles. The van der Waals surface area contributed by atoms with Crippen LogP contribution in [-0.4, -0.2) is 35.6 Å². The van der Waals surface area contributed by atoms with Crippen LogP contribution in [-0.2, 0) is 16.1 Å². The third-order valence-electron chi connectivity index (χ3n) is 5.42. The maximum Gasteiger partial charge on any atom is 0.290 e. The van der Waals surface area contributed by atoms with Crippen LogP contribution in [0.5, 0.6) is 17.2 Å². The monoisotopic (exact) mass is 413 g/mol. The van der Waals surface area contributed by atoms with Gasteiger partial charge in [-0.05, 0) is 42.0 Å². The van der Waals surface area contributed by atoms with Crippen molar-refractivity contribution in [1.29, 1.82) is 0 Å². The molecule has 29 heavy (non-hydrogen) atoms. The summed E-state index contributed by atoms with van der Waals surface area (Å²) >= 11 is 1.52. The number of carbonyl (C=O) groups excluding carboxylic acids is 2. The molecule has 0 radical (unpaired) electrons. The van der Waals surface area contributed by atoms with E-state index in [9.17, 15) is 14.7 Å². The number of amides is 1. The third kappa shape index (κ3) is 2.95. The van der Waals surface area contributed by atoms with E-state index in [0.717, 1.165) is 17.7 Å². The van der Waals surface area contributed by atoms with Crippen LogP contribution in [0.3, 0.4) is 0 Å². The zero-order chi connectivity index (χ0) is 20.1. The summed E-state index contributed by atoms with van der Waals surface area (Å²) in [6, 6.07) is 6.62. The molecule has 1 unspecified atom stereocenters. The lowest BCUT2D eigenvalue weighted by atomic mass is 9.93. The van der Waals surface area contributed by atoms with Crippen molar-refractivity contribution in [3.8, 4) is 17.2 Å². The molecule has 2 aromatic rings. The quantitative estimate of drug-likeness (QED) is 0.782. The van der Waals surface area contributed by atoms with E-state index in [1.165, 1.54) is 23.3 Å². The Balaban J connectivity index is 1.62. The standard InChI is InChI=1S/C21H19NO6S/c1-26-14-7-12(8-15-20(14)28-10-27-15)17-16(18(23)11-4-5-11)19(24)21(25)22(17)9-13-3-2-6-29-13/h2-3,6-8,11,17,24H,4-5,9-10H2,1H3. The minimum absolute atomic E-state index is 0.0760. The summed E-state index contributed by atoms with van der Waals surface area (Å²) in [5.74, 6) is 0.166. The predicted molar refractivity (Wildman–Crippen MR) is 104 cm³/mol. The molecule has 1 N–H and O–H groups in total. The number of nitrogens with zero attached hydrogens (tertiary/aromatic N) is 1. The van der Waals surface area contributed by atoms with E-state index < -0.39 is 17.7 Å². The summed E-state index contributed by atoms with van der Waals surface area (Å²) in [6.45, 7) is 0.371. The number of aliphatic hydroxyl groups is 1. The topological polar surface area (TPSA) is 85.3 Å². The Hall–Kier alpha value is -3.00. The molecule has 0 saturated heterocycles. The first-order valence-corrected chi connectivity index (χ1v) is 10.2. The first-order valence-electron chi connectivity index (χ1n) is 9.36. The SMILES string of the molecule is COc1cc(C2C(C(=O)C3CC3)=C(O)C(=O)N2Cc2cccs2)cc2c1OCO2. The fourth-order valence-corrected chi connectivity index (χ4v) is 4.56. The number of ketones is 1. The van der Waals surface area contributed by atoms with Gasteiger partial charge in [0.25, 0.3) is 5.91 Å². The summed E-state index contributed by atoms with van der Waals surface area (Å²) in [5.41, 5.74) is 0.805. The molecular formula is C21H19NO6S. The van der Waals surface area contributed by atoms with E-state index in [4.69, 9.17) is 14.2 Å². The third-order valence-corrected chi connectivity index (χ3v) is 6.28. The number of benzene rings is 1. The van der Waals surface area contributed by atoms with Crippen LogP contribution in [0.15, 0.2) is 41.0 Å². The van der Waals surface area contributed by atoms with Crippen LogP contribution in [0.4, 0.5) is 0 Å². The molecule has 1 saturated carbocycles. The fourth-order valence-electron chi connectivity index (χ4n) is 3.86. The number of methoxy groups -OCH3 is 1. The summed E-state index contributed by atoms with van der Waals surface area (Å²) in [6.07, 6.45) is 1.57. The maximum atomic E-state index is 13.0. The molecule has 1 aliphatic carbocycles. The van der Waals surface area contributed by atoms with Gasteiger partial charge in [0.1, 0.15) is 0 Å². The number of fused-ring (bicyclic) bond motifs is 1. The Kier molecular flexibility index (Phi) is 4.24. The van der Waals surface area contributed by atoms with E-state index in [1.807, 2.05) is 17.5 Å². The van der Waals surface area contributed by atoms with Crippen molar-refractivity contribution in [1.82, 2.24) is 4.90 Å². The van der Waals surface area contributed by atoms with Gasteiger partial charge in [0.2, 0.25) is 12.5 Å². The van der Waals surface area contributed by atoms with Crippen LogP contribution >= 0.6 is 11.3 Å². The second-order valence-corrected chi connectivity index (χ2v) is 8.30. The van der Waals surface area contributed by atoms with Crippen molar-refractivity contribution < 1.29 is 28.9 Å². The molecule has 1 aromatic carbocycles. The van der Waals surface area contributed by atoms with Gasteiger partial charge in [0.15, 0.2) is 23.0 Å². The van der Waals surface area contributed by atoms with Gasteiger partial charge in [-0.1, -0.05) is 6.07 Å². The highest BCUT2D eigenvalue weighted by molar-refractivity contribution is 7.09. The number of thiophene rings is 1. The van der Waals surface area contributed by atoms with Crippen LogP contribution in [0.2, 0.25) is 0 Å². The number of aliphatic hydroxyl groups excluding tert-OH is 1. The molecule has 0 spiro atoms. The Bertz CT molecular complexity index is 1020. The van der Waals surface area contributed by atoms with Crippen molar-refractivity contribution in [2.45, 2.75) is 25.4 Å². The van der Waals surface area contributed by atoms with Crippen LogP contribution in [0.25, 0.3) is 0 Å². The van der Waals surface area contributed by atoms with Gasteiger partial charge in [0, 0.05) is 10.8 Å². The van der Waals surface area contributed by atoms with Gasteiger partial charge in [-0.3, -0.25) is 9.59 Å². The number of ether oxygens (including phenoxy) is 3. The molecule has 1 fully saturated rings. The van der Waals surface area contributed by atoms with E-state index in [2.05, 4.69) is 0 Å². The van der Waals surface area contributed by atoms with Crippen LogP contribution in [0, 0.1) is 5.92 Å². The Morgan fingerprint density at radius 3 is 2.86 bits per heavy atom. The lowest BCUT2D eigenvalue weighted by Gasteiger charge is -2.27. The molecule has 5 rings (SSSR count). The molecule has 7 nitrogen and oxygen atoms in total. The molecular weight excluding hydrogens is 394 g/mol. The highest BCUT2D eigenvalue weighted by Gasteiger charge is 2.47. The highest BCUT2D eigenvalue weighted by Crippen LogP contribution is 2.49. The van der Waals surface area contributed by atoms with Gasteiger partial charge in [0.05, 0.1) is 25.3 Å². The first kappa shape index (κ1) is 18.1. The summed E-state index contributed by atoms with van der Waals surface area (Å²) in [7, 11) is 1.52. The summed E-state index contributed by atoms with van der Waals surface area (Å²) < 4.78 is 16.4. The van der Waals surface area contributed by atoms with Crippen molar-refractivity contribution in [3.05, 3.63) is 51.4 Å². The molecule has 150 valence electrons. The van der Waals surface area contributed by atoms with Crippen LogP contribution in [0.1, 0.15) is 29.3 Å². The zero-order valence-corrected chi connectivity index (χ0v) is 16.5. The van der Waals surface area contributed by atoms with E-state index >= 15 is 0 Å². The summed E-state index contributed by atoms with van der Waals surface area (Å²) in [5, 5.41) is 12.6. The second kappa shape index (κ2) is 6.81. The Morgan fingerprint density at radius 2 is 2.17 bits per heavy atom. The molecule has 2 aliphatic heterocycles. The van der Waals surface area contributed by atoms with Gasteiger partial charge in [-0.2, -0.15) is 0 Å². The smallest absolute Gasteiger partial charge is 0.290 e. The molecule has 3 heterocycles. The van der Waals surface area contributed by atoms with Gasteiger partial charge in [-0.25, -0.2) is 0 Å². The summed E-state index contributed by atoms with van der Waals surface area (Å²) in [4.78, 5) is 28.4. The first-order chi connectivity index (χ1) is 14.1. The fraction of sp³-hybridized carbons (Fsp3) is 0.333. The number of hydrogen-bond donors (Lipinski definition) is 1. The maximum absolute atomic E-state index is 13.0. The zero-order valence-electron chi connectivity index (χ0n) is 15.7. The van der Waals surface area contributed by atoms with Gasteiger partial charge >= 0.3 is 0 Å². The lowest BCUT2D eigenvalue weighted by molar-refractivity contribution is -0.130. The average molecular weight is 413 g/mol. The van der Waals surface area contributed by atoms with E-state index in [1.54, 1.807) is 12.1 Å². The van der Waals surface area contributed by atoms with Crippen molar-refractivity contribution in [3.63, 3.8) is 0 Å². The molecule has 0 bridgehead atoms.